The molecule has 1 atom stereocenters. The van der Waals surface area contributed by atoms with Crippen LogP contribution in [-0.4, -0.2) is 17.1 Å². The zero-order valence-electron chi connectivity index (χ0n) is 11.7. The number of aryl methyl sites for hydroxylation is 1. The van der Waals surface area contributed by atoms with Gasteiger partial charge in [-0.3, -0.25) is 5.32 Å². The second-order valence-electron chi connectivity index (χ2n) is 5.64. The molecule has 1 aliphatic carbocycles. The van der Waals surface area contributed by atoms with E-state index in [4.69, 9.17) is 0 Å². The summed E-state index contributed by atoms with van der Waals surface area (Å²) in [6, 6.07) is 2.06. The monoisotopic (exact) mass is 283 g/mol. The van der Waals surface area contributed by atoms with E-state index in [9.17, 15) is 18.7 Å². The average Bonchev–Trinajstić information content (AvgIpc) is 2.86. The molecule has 110 valence electrons. The molecule has 5 heteroatoms. The van der Waals surface area contributed by atoms with Crippen molar-refractivity contribution in [2.24, 2.45) is 0 Å². The molecule has 0 spiro atoms. The van der Waals surface area contributed by atoms with E-state index >= 15 is 0 Å². The molecule has 0 bridgehead atoms. The Balaban J connectivity index is 2.41. The van der Waals surface area contributed by atoms with Crippen LogP contribution in [0.25, 0.3) is 0 Å². The fraction of sp³-hybridized carbons (Fsp3) is 0.533. The van der Waals surface area contributed by atoms with Crippen molar-refractivity contribution < 1.29 is 18.7 Å². The zero-order valence-corrected chi connectivity index (χ0v) is 11.7. The third-order valence-corrected chi connectivity index (χ3v) is 4.06. The highest BCUT2D eigenvalue weighted by atomic mass is 19.1. The van der Waals surface area contributed by atoms with Crippen molar-refractivity contribution in [3.05, 3.63) is 34.9 Å². The highest BCUT2D eigenvalue weighted by molar-refractivity contribution is 5.80. The summed E-state index contributed by atoms with van der Waals surface area (Å²) in [5.41, 5.74) is -1.60. The zero-order chi connectivity index (χ0) is 14.9. The summed E-state index contributed by atoms with van der Waals surface area (Å²) < 4.78 is 27.8. The van der Waals surface area contributed by atoms with E-state index in [2.05, 4.69) is 5.32 Å². The average molecular weight is 283 g/mol. The minimum Gasteiger partial charge on any atom is -0.480 e. The van der Waals surface area contributed by atoms with Gasteiger partial charge in [-0.2, -0.15) is 0 Å². The number of carboxylic acids is 1. The van der Waals surface area contributed by atoms with Crippen LogP contribution < -0.4 is 5.32 Å². The molecule has 1 aliphatic rings. The molecule has 0 aromatic heterocycles. The van der Waals surface area contributed by atoms with Gasteiger partial charge in [0.2, 0.25) is 0 Å². The van der Waals surface area contributed by atoms with E-state index in [-0.39, 0.29) is 17.2 Å². The lowest BCUT2D eigenvalue weighted by molar-refractivity contribution is -0.145. The van der Waals surface area contributed by atoms with E-state index in [0.717, 1.165) is 37.8 Å². The van der Waals surface area contributed by atoms with Crippen molar-refractivity contribution in [3.63, 3.8) is 0 Å². The van der Waals surface area contributed by atoms with Gasteiger partial charge in [-0.1, -0.05) is 12.8 Å². The van der Waals surface area contributed by atoms with Gasteiger partial charge in [-0.25, -0.2) is 13.6 Å². The molecule has 2 N–H and O–H groups in total. The Bertz CT molecular complexity index is 527. The van der Waals surface area contributed by atoms with E-state index in [1.807, 2.05) is 0 Å². The van der Waals surface area contributed by atoms with Crippen LogP contribution in [0.1, 0.15) is 43.7 Å². The van der Waals surface area contributed by atoms with Gasteiger partial charge in [0.05, 0.1) is 0 Å². The summed E-state index contributed by atoms with van der Waals surface area (Å²) in [5, 5.41) is 12.5. The molecule has 2 rings (SSSR count). The number of rotatable bonds is 4. The second kappa shape index (κ2) is 5.48. The van der Waals surface area contributed by atoms with Gasteiger partial charge in [0.1, 0.15) is 17.2 Å². The van der Waals surface area contributed by atoms with Crippen molar-refractivity contribution in [1.29, 1.82) is 0 Å². The van der Waals surface area contributed by atoms with Gasteiger partial charge < -0.3 is 5.11 Å². The Hall–Kier alpha value is -1.49. The number of aliphatic carboxylic acids is 1. The fourth-order valence-electron chi connectivity index (χ4n) is 2.76. The molecule has 1 fully saturated rings. The Morgan fingerprint density at radius 2 is 1.90 bits per heavy atom. The van der Waals surface area contributed by atoms with E-state index in [0.29, 0.717) is 0 Å². The molecule has 3 nitrogen and oxygen atoms in total. The minimum absolute atomic E-state index is 0.0277. The topological polar surface area (TPSA) is 49.3 Å². The van der Waals surface area contributed by atoms with Gasteiger partial charge >= 0.3 is 5.97 Å². The summed E-state index contributed by atoms with van der Waals surface area (Å²) in [6.07, 6.45) is 3.77. The SMILES string of the molecule is Cc1cc(F)c(C(C)(NC2CCCC2)C(=O)O)cc1F. The van der Waals surface area contributed by atoms with Crippen molar-refractivity contribution in [1.82, 2.24) is 5.32 Å². The van der Waals surface area contributed by atoms with Crippen LogP contribution in [0.2, 0.25) is 0 Å². The summed E-state index contributed by atoms with van der Waals surface area (Å²) in [5.74, 6) is -2.49. The van der Waals surface area contributed by atoms with Gasteiger partial charge in [0.15, 0.2) is 0 Å². The molecule has 1 saturated carbocycles. The maximum Gasteiger partial charge on any atom is 0.328 e. The fourth-order valence-corrected chi connectivity index (χ4v) is 2.76. The first-order valence-electron chi connectivity index (χ1n) is 6.82. The first-order chi connectivity index (χ1) is 9.34. The molecule has 0 aliphatic heterocycles. The number of carbonyl (C=O) groups is 1. The molecule has 1 aromatic rings. The first-order valence-corrected chi connectivity index (χ1v) is 6.82. The first kappa shape index (κ1) is 14.9. The Morgan fingerprint density at radius 1 is 1.30 bits per heavy atom. The molecular weight excluding hydrogens is 264 g/mol. The molecular formula is C15H19F2NO2. The predicted molar refractivity (Wildman–Crippen MR) is 71.5 cm³/mol. The van der Waals surface area contributed by atoms with Crippen molar-refractivity contribution in [2.75, 3.05) is 0 Å². The Morgan fingerprint density at radius 3 is 2.45 bits per heavy atom. The van der Waals surface area contributed by atoms with Crippen LogP contribution in [-0.2, 0) is 10.3 Å². The van der Waals surface area contributed by atoms with Crippen LogP contribution in [0.3, 0.4) is 0 Å². The number of hydrogen-bond donors (Lipinski definition) is 2. The molecule has 0 saturated heterocycles. The van der Waals surface area contributed by atoms with Crippen LogP contribution in [0.5, 0.6) is 0 Å². The van der Waals surface area contributed by atoms with Crippen LogP contribution in [0, 0.1) is 18.6 Å². The third kappa shape index (κ3) is 2.68. The van der Waals surface area contributed by atoms with Crippen LogP contribution in [0.15, 0.2) is 12.1 Å². The van der Waals surface area contributed by atoms with Gasteiger partial charge in [0, 0.05) is 11.6 Å². The number of benzene rings is 1. The quantitative estimate of drug-likeness (QED) is 0.892. The van der Waals surface area contributed by atoms with Gasteiger partial charge in [-0.15, -0.1) is 0 Å². The normalized spacial score (nSPS) is 19.0. The standard InChI is InChI=1S/C15H19F2NO2/c1-9-7-13(17)11(8-12(9)16)15(2,14(19)20)18-10-5-3-4-6-10/h7-8,10,18H,3-6H2,1-2H3,(H,19,20). The lowest BCUT2D eigenvalue weighted by Crippen LogP contribution is -2.51. The number of halogens is 2. The predicted octanol–water partition coefficient (Wildman–Crippen LogP) is 3.11. The van der Waals surface area contributed by atoms with Crippen LogP contribution >= 0.6 is 0 Å². The molecule has 0 heterocycles. The maximum absolute atomic E-state index is 14.1. The van der Waals surface area contributed by atoms with Gasteiger partial charge in [-0.05, 0) is 44.4 Å². The summed E-state index contributed by atoms with van der Waals surface area (Å²) in [6.45, 7) is 2.84. The van der Waals surface area contributed by atoms with Crippen molar-refractivity contribution in [3.8, 4) is 0 Å². The third-order valence-electron chi connectivity index (χ3n) is 4.06. The highest BCUT2D eigenvalue weighted by Crippen LogP contribution is 2.30. The molecule has 0 amide bonds. The second-order valence-corrected chi connectivity index (χ2v) is 5.64. The van der Waals surface area contributed by atoms with E-state index < -0.39 is 23.1 Å². The summed E-state index contributed by atoms with van der Waals surface area (Å²) in [7, 11) is 0. The largest absolute Gasteiger partial charge is 0.480 e. The molecule has 1 unspecified atom stereocenters. The molecule has 0 radical (unpaired) electrons. The molecule has 1 aromatic carbocycles. The Kier molecular flexibility index (Phi) is 4.09. The van der Waals surface area contributed by atoms with Crippen molar-refractivity contribution >= 4 is 5.97 Å². The Labute approximate surface area is 117 Å². The number of hydrogen-bond acceptors (Lipinski definition) is 2. The lowest BCUT2D eigenvalue weighted by atomic mass is 9.89. The maximum atomic E-state index is 14.1. The van der Waals surface area contributed by atoms with E-state index in [1.165, 1.54) is 13.8 Å². The number of carboxylic acid groups (broad SMARTS) is 1. The lowest BCUT2D eigenvalue weighted by Gasteiger charge is -2.31. The van der Waals surface area contributed by atoms with E-state index in [1.54, 1.807) is 0 Å². The highest BCUT2D eigenvalue weighted by Gasteiger charge is 2.40. The van der Waals surface area contributed by atoms with Gasteiger partial charge in [0.25, 0.3) is 0 Å². The number of nitrogens with one attached hydrogen (secondary N) is 1. The molecule has 20 heavy (non-hydrogen) atoms. The summed E-state index contributed by atoms with van der Waals surface area (Å²) >= 11 is 0. The summed E-state index contributed by atoms with van der Waals surface area (Å²) in [4.78, 5) is 11.6. The minimum atomic E-state index is -1.62. The van der Waals surface area contributed by atoms with Crippen LogP contribution in [0.4, 0.5) is 8.78 Å². The smallest absolute Gasteiger partial charge is 0.328 e. The van der Waals surface area contributed by atoms with Crippen molar-refractivity contribution in [2.45, 2.75) is 51.1 Å².